The van der Waals surface area contributed by atoms with E-state index in [0.717, 1.165) is 5.92 Å². The summed E-state index contributed by atoms with van der Waals surface area (Å²) in [5, 5.41) is 0. The van der Waals surface area contributed by atoms with Crippen LogP contribution in [0.1, 0.15) is 48.9 Å². The molecule has 0 saturated carbocycles. The van der Waals surface area contributed by atoms with Crippen molar-refractivity contribution >= 4 is 0 Å². The van der Waals surface area contributed by atoms with E-state index < -0.39 is 0 Å². The molecule has 0 bridgehead atoms. The van der Waals surface area contributed by atoms with Gasteiger partial charge in [-0.3, -0.25) is 0 Å². The highest BCUT2D eigenvalue weighted by Gasteiger charge is 2.18. The van der Waals surface area contributed by atoms with E-state index in [-0.39, 0.29) is 6.04 Å². The third-order valence-corrected chi connectivity index (χ3v) is 3.07. The molecule has 0 radical (unpaired) electrons. The number of fused-ring (bicyclic) bond motifs is 1. The molecule has 0 aliphatic heterocycles. The minimum Gasteiger partial charge on any atom is -0.324 e. The molecule has 2 N–H and O–H groups in total. The number of benzene rings is 1. The maximum absolute atomic E-state index is 5.85. The second-order valence-corrected chi connectivity index (χ2v) is 4.19. The molecule has 0 spiro atoms. The van der Waals surface area contributed by atoms with Gasteiger partial charge in [0, 0.05) is 6.04 Å². The Balaban J connectivity index is 2.42. The Morgan fingerprint density at radius 3 is 2.92 bits per heavy atom. The van der Waals surface area contributed by atoms with Gasteiger partial charge in [0.05, 0.1) is 0 Å². The zero-order chi connectivity index (χ0) is 9.42. The largest absolute Gasteiger partial charge is 0.324 e. The summed E-state index contributed by atoms with van der Waals surface area (Å²) in [7, 11) is 0. The van der Waals surface area contributed by atoms with Gasteiger partial charge in [0.2, 0.25) is 0 Å². The van der Waals surface area contributed by atoms with Crippen molar-refractivity contribution in [3.8, 4) is 0 Å². The molecule has 1 heteroatoms. The van der Waals surface area contributed by atoms with Gasteiger partial charge in [-0.05, 0) is 42.4 Å². The second-order valence-electron chi connectivity index (χ2n) is 4.19. The molecule has 0 amide bonds. The first-order chi connectivity index (χ1) is 6.18. The maximum atomic E-state index is 5.85. The van der Waals surface area contributed by atoms with Crippen LogP contribution in [0.3, 0.4) is 0 Å². The average molecular weight is 175 g/mol. The van der Waals surface area contributed by atoms with Crippen LogP contribution in [-0.2, 0) is 6.42 Å². The first-order valence-corrected chi connectivity index (χ1v) is 5.07. The maximum Gasteiger partial charge on any atom is 0.0266 e. The minimum absolute atomic E-state index is 0.165. The molecule has 1 aliphatic carbocycles. The van der Waals surface area contributed by atoms with Crippen molar-refractivity contribution in [1.29, 1.82) is 0 Å². The number of hydrogen-bond donors (Lipinski definition) is 1. The summed E-state index contributed by atoms with van der Waals surface area (Å²) in [4.78, 5) is 0. The average Bonchev–Trinajstić information content (AvgIpc) is 2.47. The molecule has 13 heavy (non-hydrogen) atoms. The van der Waals surface area contributed by atoms with E-state index in [0.29, 0.717) is 0 Å². The van der Waals surface area contributed by atoms with Crippen LogP contribution in [0.2, 0.25) is 0 Å². The Bertz CT molecular complexity index is 315. The molecule has 0 aromatic heterocycles. The van der Waals surface area contributed by atoms with E-state index in [1.54, 1.807) is 0 Å². The van der Waals surface area contributed by atoms with Crippen molar-refractivity contribution in [3.05, 3.63) is 34.9 Å². The van der Waals surface area contributed by atoms with E-state index in [4.69, 9.17) is 5.73 Å². The molecule has 0 saturated heterocycles. The van der Waals surface area contributed by atoms with Crippen molar-refractivity contribution in [3.63, 3.8) is 0 Å². The highest BCUT2D eigenvalue weighted by atomic mass is 14.6. The molecule has 2 unspecified atom stereocenters. The summed E-state index contributed by atoms with van der Waals surface area (Å²) in [6, 6.07) is 6.87. The third-order valence-electron chi connectivity index (χ3n) is 3.07. The zero-order valence-electron chi connectivity index (χ0n) is 8.38. The van der Waals surface area contributed by atoms with Crippen LogP contribution < -0.4 is 5.73 Å². The van der Waals surface area contributed by atoms with E-state index in [1.807, 2.05) is 6.92 Å². The summed E-state index contributed by atoms with van der Waals surface area (Å²) < 4.78 is 0. The fourth-order valence-corrected chi connectivity index (χ4v) is 2.11. The molecule has 1 nitrogen and oxygen atoms in total. The van der Waals surface area contributed by atoms with Crippen LogP contribution in [0.25, 0.3) is 0 Å². The predicted octanol–water partition coefficient (Wildman–Crippen LogP) is 2.76. The lowest BCUT2D eigenvalue weighted by atomic mass is 9.98. The Hall–Kier alpha value is -0.820. The summed E-state index contributed by atoms with van der Waals surface area (Å²) in [6.07, 6.45) is 2.55. The Morgan fingerprint density at radius 2 is 2.23 bits per heavy atom. The van der Waals surface area contributed by atoms with E-state index in [9.17, 15) is 0 Å². The smallest absolute Gasteiger partial charge is 0.0266 e. The van der Waals surface area contributed by atoms with Gasteiger partial charge in [-0.15, -0.1) is 0 Å². The third kappa shape index (κ3) is 1.49. The zero-order valence-corrected chi connectivity index (χ0v) is 8.38. The lowest BCUT2D eigenvalue weighted by Gasteiger charge is -2.10. The van der Waals surface area contributed by atoms with Crippen LogP contribution in [0.4, 0.5) is 0 Å². The number of hydrogen-bond acceptors (Lipinski definition) is 1. The lowest BCUT2D eigenvalue weighted by Crippen LogP contribution is -2.05. The molecule has 70 valence electrons. The van der Waals surface area contributed by atoms with Gasteiger partial charge >= 0.3 is 0 Å². The highest BCUT2D eigenvalue weighted by molar-refractivity contribution is 5.38. The van der Waals surface area contributed by atoms with Gasteiger partial charge in [0.25, 0.3) is 0 Å². The van der Waals surface area contributed by atoms with Crippen molar-refractivity contribution in [2.75, 3.05) is 0 Å². The molecule has 0 fully saturated rings. The van der Waals surface area contributed by atoms with Gasteiger partial charge in [-0.25, -0.2) is 0 Å². The van der Waals surface area contributed by atoms with Gasteiger partial charge < -0.3 is 5.73 Å². The normalized spacial score (nSPS) is 22.8. The first kappa shape index (κ1) is 8.76. The summed E-state index contributed by atoms with van der Waals surface area (Å²) in [5.41, 5.74) is 10.2. The Morgan fingerprint density at radius 1 is 1.46 bits per heavy atom. The standard InChI is InChI=1S/C12H17N/c1-8-3-4-10-5-6-11(9(2)13)7-12(8)10/h5-9H,3-4,13H2,1-2H3. The fraction of sp³-hybridized carbons (Fsp3) is 0.500. The van der Waals surface area contributed by atoms with E-state index >= 15 is 0 Å². The highest BCUT2D eigenvalue weighted by Crippen LogP contribution is 2.33. The SMILES string of the molecule is CC(N)c1ccc2c(c1)C(C)CC2. The van der Waals surface area contributed by atoms with Crippen LogP contribution in [0.15, 0.2) is 18.2 Å². The lowest BCUT2D eigenvalue weighted by molar-refractivity contribution is 0.744. The molecule has 1 aromatic rings. The topological polar surface area (TPSA) is 26.0 Å². The van der Waals surface area contributed by atoms with Crippen LogP contribution in [-0.4, -0.2) is 0 Å². The van der Waals surface area contributed by atoms with Crippen LogP contribution in [0, 0.1) is 0 Å². The second kappa shape index (κ2) is 3.15. The van der Waals surface area contributed by atoms with E-state index in [1.165, 1.54) is 29.5 Å². The summed E-state index contributed by atoms with van der Waals surface area (Å²) in [6.45, 7) is 4.35. The van der Waals surface area contributed by atoms with Crippen molar-refractivity contribution in [1.82, 2.24) is 0 Å². The molecule has 1 aromatic carbocycles. The Labute approximate surface area is 80.0 Å². The molecule has 0 heterocycles. The van der Waals surface area contributed by atoms with E-state index in [2.05, 4.69) is 25.1 Å². The molecule has 1 aliphatic rings. The van der Waals surface area contributed by atoms with Crippen LogP contribution >= 0.6 is 0 Å². The fourth-order valence-electron chi connectivity index (χ4n) is 2.11. The van der Waals surface area contributed by atoms with Crippen LogP contribution in [0.5, 0.6) is 0 Å². The van der Waals surface area contributed by atoms with Crippen molar-refractivity contribution < 1.29 is 0 Å². The molecule has 2 atom stereocenters. The summed E-state index contributed by atoms with van der Waals surface area (Å²) >= 11 is 0. The number of aryl methyl sites for hydroxylation is 1. The first-order valence-electron chi connectivity index (χ1n) is 5.07. The van der Waals surface area contributed by atoms with Crippen molar-refractivity contribution in [2.45, 2.75) is 38.6 Å². The molecule has 2 rings (SSSR count). The number of nitrogens with two attached hydrogens (primary N) is 1. The monoisotopic (exact) mass is 175 g/mol. The minimum atomic E-state index is 0.165. The summed E-state index contributed by atoms with van der Waals surface area (Å²) in [5.74, 6) is 0.730. The van der Waals surface area contributed by atoms with Gasteiger partial charge in [-0.2, -0.15) is 0 Å². The number of rotatable bonds is 1. The van der Waals surface area contributed by atoms with Gasteiger partial charge in [0.1, 0.15) is 0 Å². The molecular formula is C12H17N. The van der Waals surface area contributed by atoms with Gasteiger partial charge in [0.15, 0.2) is 0 Å². The molecular weight excluding hydrogens is 158 g/mol. The Kier molecular flexibility index (Phi) is 2.12. The predicted molar refractivity (Wildman–Crippen MR) is 55.8 cm³/mol. The van der Waals surface area contributed by atoms with Crippen molar-refractivity contribution in [2.24, 2.45) is 5.73 Å². The van der Waals surface area contributed by atoms with Gasteiger partial charge in [-0.1, -0.05) is 25.1 Å². The quantitative estimate of drug-likeness (QED) is 0.697.